The standard InChI is InChI=1S/C25H25NO2S/c1-20-14-16-25(17-15-20)29(27,28)26(18-21(2)23-10-6-4-7-11-23)19-22(3)24-12-8-5-9-13-24/h4-17H,2-3,18-19H2,1H3. The van der Waals surface area contributed by atoms with Crippen molar-refractivity contribution in [2.24, 2.45) is 0 Å². The molecule has 0 amide bonds. The lowest BCUT2D eigenvalue weighted by molar-refractivity contribution is 0.481. The van der Waals surface area contributed by atoms with E-state index < -0.39 is 10.0 Å². The number of rotatable bonds is 8. The van der Waals surface area contributed by atoms with Gasteiger partial charge >= 0.3 is 0 Å². The predicted molar refractivity (Wildman–Crippen MR) is 121 cm³/mol. The first-order chi connectivity index (χ1) is 13.9. The van der Waals surface area contributed by atoms with Gasteiger partial charge in [-0.05, 0) is 41.3 Å². The molecule has 0 radical (unpaired) electrons. The molecule has 0 bridgehead atoms. The maximum absolute atomic E-state index is 13.4. The van der Waals surface area contributed by atoms with Gasteiger partial charge in [0, 0.05) is 13.1 Å². The van der Waals surface area contributed by atoms with Crippen LogP contribution in [0, 0.1) is 6.92 Å². The molecule has 0 spiro atoms. The third-order valence-electron chi connectivity index (χ3n) is 4.76. The van der Waals surface area contributed by atoms with E-state index in [1.54, 1.807) is 12.1 Å². The lowest BCUT2D eigenvalue weighted by Gasteiger charge is -2.24. The highest BCUT2D eigenvalue weighted by molar-refractivity contribution is 7.89. The Morgan fingerprint density at radius 2 is 1.14 bits per heavy atom. The summed E-state index contributed by atoms with van der Waals surface area (Å²) in [5.74, 6) is 0. The van der Waals surface area contributed by atoms with Crippen molar-refractivity contribution in [1.82, 2.24) is 4.31 Å². The quantitative estimate of drug-likeness (QED) is 0.504. The van der Waals surface area contributed by atoms with Crippen LogP contribution in [0.15, 0.2) is 103 Å². The molecule has 3 nitrogen and oxygen atoms in total. The van der Waals surface area contributed by atoms with E-state index in [4.69, 9.17) is 0 Å². The second-order valence-electron chi connectivity index (χ2n) is 7.03. The Bertz CT molecular complexity index is 1030. The van der Waals surface area contributed by atoms with Gasteiger partial charge in [0.25, 0.3) is 0 Å². The fraction of sp³-hybridized carbons (Fsp3) is 0.120. The molecule has 0 aliphatic carbocycles. The van der Waals surface area contributed by atoms with Gasteiger partial charge in [-0.1, -0.05) is 91.5 Å². The van der Waals surface area contributed by atoms with Gasteiger partial charge in [-0.15, -0.1) is 0 Å². The maximum atomic E-state index is 13.4. The Kier molecular flexibility index (Phi) is 6.47. The van der Waals surface area contributed by atoms with Crippen molar-refractivity contribution in [2.75, 3.05) is 13.1 Å². The van der Waals surface area contributed by atoms with Crippen molar-refractivity contribution in [3.63, 3.8) is 0 Å². The second-order valence-corrected chi connectivity index (χ2v) is 8.96. The molecule has 3 aromatic carbocycles. The van der Waals surface area contributed by atoms with Gasteiger partial charge in [0.2, 0.25) is 10.0 Å². The maximum Gasteiger partial charge on any atom is 0.243 e. The zero-order chi connectivity index (χ0) is 20.9. The molecule has 0 fully saturated rings. The summed E-state index contributed by atoms with van der Waals surface area (Å²) >= 11 is 0. The van der Waals surface area contributed by atoms with Crippen LogP contribution in [0.5, 0.6) is 0 Å². The van der Waals surface area contributed by atoms with Crippen molar-refractivity contribution in [3.8, 4) is 0 Å². The Labute approximate surface area is 173 Å². The number of benzene rings is 3. The van der Waals surface area contributed by atoms with E-state index in [1.165, 1.54) is 4.31 Å². The molecule has 0 unspecified atom stereocenters. The third-order valence-corrected chi connectivity index (χ3v) is 6.56. The van der Waals surface area contributed by atoms with Gasteiger partial charge in [-0.25, -0.2) is 8.42 Å². The second kappa shape index (κ2) is 9.03. The molecule has 0 N–H and O–H groups in total. The van der Waals surface area contributed by atoms with Crippen LogP contribution in [0.25, 0.3) is 11.1 Å². The summed E-state index contributed by atoms with van der Waals surface area (Å²) < 4.78 is 28.3. The molecule has 0 aliphatic rings. The average molecular weight is 404 g/mol. The number of hydrogen-bond acceptors (Lipinski definition) is 2. The Morgan fingerprint density at radius 1 is 0.724 bits per heavy atom. The minimum Gasteiger partial charge on any atom is -0.207 e. The lowest BCUT2D eigenvalue weighted by Crippen LogP contribution is -2.34. The normalized spacial score (nSPS) is 11.4. The van der Waals surface area contributed by atoms with Gasteiger partial charge in [-0.2, -0.15) is 4.31 Å². The SMILES string of the molecule is C=C(CN(CC(=C)c1ccccc1)S(=O)(=O)c1ccc(C)cc1)c1ccccc1. The number of nitrogens with zero attached hydrogens (tertiary/aromatic N) is 1. The fourth-order valence-corrected chi connectivity index (χ4v) is 4.47. The average Bonchev–Trinajstić information content (AvgIpc) is 2.74. The van der Waals surface area contributed by atoms with Crippen LogP contribution in [0.2, 0.25) is 0 Å². The van der Waals surface area contributed by atoms with E-state index in [0.717, 1.165) is 27.8 Å². The molecule has 3 rings (SSSR count). The summed E-state index contributed by atoms with van der Waals surface area (Å²) in [6.45, 7) is 10.6. The van der Waals surface area contributed by atoms with Crippen LogP contribution < -0.4 is 0 Å². The highest BCUT2D eigenvalue weighted by atomic mass is 32.2. The van der Waals surface area contributed by atoms with Crippen molar-refractivity contribution in [2.45, 2.75) is 11.8 Å². The number of aryl methyl sites for hydroxylation is 1. The van der Waals surface area contributed by atoms with Crippen LogP contribution in [0.3, 0.4) is 0 Å². The molecule has 4 heteroatoms. The van der Waals surface area contributed by atoms with Crippen LogP contribution in [-0.4, -0.2) is 25.8 Å². The molecule has 0 aromatic heterocycles. The highest BCUT2D eigenvalue weighted by Gasteiger charge is 2.26. The van der Waals surface area contributed by atoms with Gasteiger partial charge < -0.3 is 0 Å². The third kappa shape index (κ3) is 5.11. The molecule has 0 saturated carbocycles. The molecule has 0 atom stereocenters. The molecular weight excluding hydrogens is 378 g/mol. The van der Waals surface area contributed by atoms with Crippen LogP contribution in [-0.2, 0) is 10.0 Å². The van der Waals surface area contributed by atoms with Crippen molar-refractivity contribution in [1.29, 1.82) is 0 Å². The Balaban J connectivity index is 1.93. The minimum absolute atomic E-state index is 0.187. The minimum atomic E-state index is -3.71. The Hall–Kier alpha value is -2.95. The van der Waals surface area contributed by atoms with Crippen molar-refractivity contribution < 1.29 is 8.42 Å². The topological polar surface area (TPSA) is 37.4 Å². The van der Waals surface area contributed by atoms with Gasteiger partial charge in [0.1, 0.15) is 0 Å². The Morgan fingerprint density at radius 3 is 1.55 bits per heavy atom. The summed E-state index contributed by atoms with van der Waals surface area (Å²) in [7, 11) is -3.71. The van der Waals surface area contributed by atoms with Crippen LogP contribution in [0.4, 0.5) is 0 Å². The van der Waals surface area contributed by atoms with E-state index >= 15 is 0 Å². The first kappa shape index (κ1) is 20.8. The predicted octanol–water partition coefficient (Wildman–Crippen LogP) is 5.41. The van der Waals surface area contributed by atoms with E-state index in [2.05, 4.69) is 13.2 Å². The number of sulfonamides is 1. The summed E-state index contributed by atoms with van der Waals surface area (Å²) in [5, 5.41) is 0. The molecule has 0 aliphatic heterocycles. The van der Waals surface area contributed by atoms with Crippen molar-refractivity contribution in [3.05, 3.63) is 115 Å². The molecule has 148 valence electrons. The zero-order valence-electron chi connectivity index (χ0n) is 16.6. The smallest absolute Gasteiger partial charge is 0.207 e. The van der Waals surface area contributed by atoms with E-state index in [1.807, 2.05) is 79.7 Å². The molecule has 29 heavy (non-hydrogen) atoms. The molecule has 3 aromatic rings. The van der Waals surface area contributed by atoms with Crippen LogP contribution >= 0.6 is 0 Å². The van der Waals surface area contributed by atoms with Gasteiger partial charge in [0.15, 0.2) is 0 Å². The van der Waals surface area contributed by atoms with Gasteiger partial charge in [0.05, 0.1) is 4.90 Å². The first-order valence-corrected chi connectivity index (χ1v) is 10.8. The molecule has 0 saturated heterocycles. The molecular formula is C25H25NO2S. The fourth-order valence-electron chi connectivity index (χ4n) is 3.04. The summed E-state index contributed by atoms with van der Waals surface area (Å²) in [6.07, 6.45) is 0. The van der Waals surface area contributed by atoms with E-state index in [0.29, 0.717) is 0 Å². The first-order valence-electron chi connectivity index (χ1n) is 9.41. The van der Waals surface area contributed by atoms with Crippen molar-refractivity contribution >= 4 is 21.2 Å². The largest absolute Gasteiger partial charge is 0.243 e. The lowest BCUT2D eigenvalue weighted by atomic mass is 10.1. The van der Waals surface area contributed by atoms with E-state index in [-0.39, 0.29) is 18.0 Å². The summed E-state index contributed by atoms with van der Waals surface area (Å²) in [5.41, 5.74) is 4.33. The zero-order valence-corrected chi connectivity index (χ0v) is 17.4. The van der Waals surface area contributed by atoms with E-state index in [9.17, 15) is 8.42 Å². The monoisotopic (exact) mass is 403 g/mol. The van der Waals surface area contributed by atoms with Crippen LogP contribution in [0.1, 0.15) is 16.7 Å². The highest BCUT2D eigenvalue weighted by Crippen LogP contribution is 2.24. The summed E-state index contributed by atoms with van der Waals surface area (Å²) in [4.78, 5) is 0.268. The van der Waals surface area contributed by atoms with Gasteiger partial charge in [-0.3, -0.25) is 0 Å². The number of hydrogen-bond donors (Lipinski definition) is 0. The summed E-state index contributed by atoms with van der Waals surface area (Å²) in [6, 6.07) is 26.2. The molecule has 0 heterocycles.